The highest BCUT2D eigenvalue weighted by molar-refractivity contribution is 5.82. The van der Waals surface area contributed by atoms with Crippen LogP contribution in [0.2, 0.25) is 0 Å². The van der Waals surface area contributed by atoms with Gasteiger partial charge in [-0.25, -0.2) is 0 Å². The maximum Gasteiger partial charge on any atom is 0.471 e. The maximum absolute atomic E-state index is 13.5. The highest BCUT2D eigenvalue weighted by Gasteiger charge is 2.57. The van der Waals surface area contributed by atoms with Crippen LogP contribution < -0.4 is 10.6 Å². The first-order chi connectivity index (χ1) is 22.9. The largest absolute Gasteiger partial charge is 0.471 e. The van der Waals surface area contributed by atoms with Crippen molar-refractivity contribution >= 4 is 41.7 Å². The van der Waals surface area contributed by atoms with E-state index in [0.717, 1.165) is 34.6 Å². The summed E-state index contributed by atoms with van der Waals surface area (Å²) >= 11 is 0. The molecule has 2 aliphatic rings. The third-order valence-corrected chi connectivity index (χ3v) is 6.52. The van der Waals surface area contributed by atoms with Gasteiger partial charge in [-0.1, -0.05) is 0 Å². The highest BCUT2D eigenvalue weighted by Crippen LogP contribution is 2.34. The van der Waals surface area contributed by atoms with E-state index in [1.807, 2.05) is 0 Å². The number of halogens is 6. The van der Waals surface area contributed by atoms with Crippen molar-refractivity contribution in [3.8, 4) is 0 Å². The van der Waals surface area contributed by atoms with Crippen LogP contribution in [0.3, 0.4) is 0 Å². The maximum atomic E-state index is 13.5. The van der Waals surface area contributed by atoms with Gasteiger partial charge in [0.25, 0.3) is 0 Å². The van der Waals surface area contributed by atoms with Gasteiger partial charge in [-0.3, -0.25) is 33.6 Å². The zero-order chi connectivity index (χ0) is 38.3. The van der Waals surface area contributed by atoms with E-state index in [2.05, 4.69) is 0 Å². The highest BCUT2D eigenvalue weighted by atomic mass is 19.4. The predicted octanol–water partition coefficient (Wildman–Crippen LogP) is -1.17. The van der Waals surface area contributed by atoms with E-state index in [-0.39, 0.29) is 0 Å². The molecule has 0 spiro atoms. The van der Waals surface area contributed by atoms with Gasteiger partial charge >= 0.3 is 54.0 Å². The Morgan fingerprint density at radius 1 is 0.580 bits per heavy atom. The first-order valence-corrected chi connectivity index (χ1v) is 14.1. The van der Waals surface area contributed by atoms with E-state index in [9.17, 15) is 65.0 Å². The van der Waals surface area contributed by atoms with Gasteiger partial charge in [-0.15, -0.1) is 0 Å². The zero-order valence-corrected chi connectivity index (χ0v) is 26.5. The lowest BCUT2D eigenvalue weighted by molar-refractivity contribution is -0.330. The summed E-state index contributed by atoms with van der Waals surface area (Å²) in [6.45, 7) is 2.26. The summed E-state index contributed by atoms with van der Waals surface area (Å²) in [5.74, 6) is -11.1. The van der Waals surface area contributed by atoms with Crippen molar-refractivity contribution in [2.45, 2.75) is 108 Å². The van der Waals surface area contributed by atoms with Crippen LogP contribution in [0.1, 0.15) is 34.6 Å². The molecule has 2 heterocycles. The molecule has 2 fully saturated rings. The van der Waals surface area contributed by atoms with E-state index in [1.54, 1.807) is 0 Å². The monoisotopic (exact) mass is 742 g/mol. The molecule has 18 nitrogen and oxygen atoms in total. The Bertz CT molecular complexity index is 1300. The van der Waals surface area contributed by atoms with Crippen molar-refractivity contribution in [1.29, 1.82) is 0 Å². The van der Waals surface area contributed by atoms with Crippen LogP contribution in [0.25, 0.3) is 0 Å². The van der Waals surface area contributed by atoms with Crippen molar-refractivity contribution in [3.63, 3.8) is 0 Å². The van der Waals surface area contributed by atoms with Gasteiger partial charge in [0.05, 0.1) is 0 Å². The molecule has 284 valence electrons. The Balaban J connectivity index is 2.79. The van der Waals surface area contributed by atoms with Crippen molar-refractivity contribution in [2.75, 3.05) is 13.2 Å². The first kappa shape index (κ1) is 41.9. The molecule has 0 bridgehead atoms. The molecule has 3 N–H and O–H groups in total. The molecule has 50 heavy (non-hydrogen) atoms. The molecule has 10 atom stereocenters. The second-order valence-corrected chi connectivity index (χ2v) is 10.5. The number of aliphatic hydroxyl groups excluding tert-OH is 1. The van der Waals surface area contributed by atoms with Crippen LogP contribution in [-0.2, 0) is 71.5 Å². The van der Waals surface area contributed by atoms with Crippen LogP contribution >= 0.6 is 0 Å². The Morgan fingerprint density at radius 2 is 0.960 bits per heavy atom. The van der Waals surface area contributed by atoms with Gasteiger partial charge in [-0.2, -0.15) is 26.3 Å². The van der Waals surface area contributed by atoms with Gasteiger partial charge in [0, 0.05) is 34.6 Å². The quantitative estimate of drug-likeness (QED) is 0.128. The van der Waals surface area contributed by atoms with Crippen molar-refractivity contribution in [1.82, 2.24) is 10.6 Å². The fourth-order valence-corrected chi connectivity index (χ4v) is 4.70. The lowest BCUT2D eigenvalue weighted by Crippen LogP contribution is -2.71. The van der Waals surface area contributed by atoms with Crippen LogP contribution in [0, 0.1) is 0 Å². The fraction of sp³-hybridized carbons (Fsp3) is 0.731. The van der Waals surface area contributed by atoms with E-state index < -0.39 is 129 Å². The number of ether oxygens (including phenoxy) is 8. The van der Waals surface area contributed by atoms with Gasteiger partial charge in [0.2, 0.25) is 0 Å². The summed E-state index contributed by atoms with van der Waals surface area (Å²) in [5.41, 5.74) is 0. The molecule has 0 aromatic heterocycles. The molecular formula is C26H32F6N2O16. The number of carbonyl (C=O) groups excluding carboxylic acids is 7. The number of alkyl halides is 6. The van der Waals surface area contributed by atoms with Crippen LogP contribution in [0.4, 0.5) is 26.3 Å². The lowest BCUT2D eigenvalue weighted by atomic mass is 9.94. The fourth-order valence-electron chi connectivity index (χ4n) is 4.70. The topological polar surface area (TPSA) is 238 Å². The summed E-state index contributed by atoms with van der Waals surface area (Å²) in [4.78, 5) is 83.5. The Morgan fingerprint density at radius 3 is 1.36 bits per heavy atom. The number of hydrogen-bond acceptors (Lipinski definition) is 16. The normalized spacial score (nSPS) is 29.8. The standard InChI is InChI=1S/C26H32F6N2O16/c1-8(35)43-6-13-18(19(46-11(4)38)15(21(40)48-13)33-23(41)25(27,28)29)50-22-16(34-24(42)26(30,31)32)20(47-12(5)39)17(45-10(3)37)14(49-22)7-44-9(2)36/h13-22,40H,6-7H2,1-5H3,(H,33,41)(H,34,42)/t13?,14?,15?,16?,17-,18-,19+,20+,21?,22-/m0/s1. The molecule has 0 aromatic carbocycles. The minimum atomic E-state index is -5.64. The van der Waals surface area contributed by atoms with Gasteiger partial charge in [0.1, 0.15) is 43.6 Å². The van der Waals surface area contributed by atoms with E-state index in [4.69, 9.17) is 37.9 Å². The summed E-state index contributed by atoms with van der Waals surface area (Å²) in [5, 5.41) is 13.3. The third-order valence-electron chi connectivity index (χ3n) is 6.52. The average molecular weight is 743 g/mol. The minimum absolute atomic E-state index is 0.724. The van der Waals surface area contributed by atoms with Gasteiger partial charge in [-0.05, 0) is 0 Å². The number of aliphatic hydroxyl groups is 1. The first-order valence-electron chi connectivity index (χ1n) is 14.1. The number of carbonyl (C=O) groups is 7. The second-order valence-electron chi connectivity index (χ2n) is 10.5. The molecular weight excluding hydrogens is 710 g/mol. The molecule has 0 aromatic rings. The van der Waals surface area contributed by atoms with Crippen LogP contribution in [0.5, 0.6) is 0 Å². The zero-order valence-electron chi connectivity index (χ0n) is 26.5. The number of amides is 2. The predicted molar refractivity (Wildman–Crippen MR) is 140 cm³/mol. The average Bonchev–Trinajstić information content (AvgIpc) is 2.95. The van der Waals surface area contributed by atoms with Crippen molar-refractivity contribution < 1.29 is 103 Å². The summed E-state index contributed by atoms with van der Waals surface area (Å²) in [6.07, 6.45) is -28.4. The third kappa shape index (κ3) is 11.9. The van der Waals surface area contributed by atoms with Gasteiger partial charge in [0.15, 0.2) is 30.9 Å². The summed E-state index contributed by atoms with van der Waals surface area (Å²) in [7, 11) is 0. The molecule has 2 rings (SSSR count). The van der Waals surface area contributed by atoms with Crippen LogP contribution in [-0.4, -0.2) is 134 Å². The van der Waals surface area contributed by atoms with E-state index in [0.29, 0.717) is 0 Å². The second kappa shape index (κ2) is 17.1. The molecule has 2 aliphatic heterocycles. The molecule has 0 radical (unpaired) electrons. The van der Waals surface area contributed by atoms with Crippen molar-refractivity contribution in [2.24, 2.45) is 0 Å². The van der Waals surface area contributed by atoms with Crippen LogP contribution in [0.15, 0.2) is 0 Å². The number of nitrogens with one attached hydrogen (secondary N) is 2. The minimum Gasteiger partial charge on any atom is -0.463 e. The van der Waals surface area contributed by atoms with E-state index >= 15 is 0 Å². The Kier molecular flexibility index (Phi) is 14.3. The summed E-state index contributed by atoms with van der Waals surface area (Å²) in [6, 6.07) is -4.72. The van der Waals surface area contributed by atoms with Crippen molar-refractivity contribution in [3.05, 3.63) is 0 Å². The molecule has 2 saturated heterocycles. The number of hydrogen-bond donors (Lipinski definition) is 3. The molecule has 24 heteroatoms. The molecule has 0 saturated carbocycles. The van der Waals surface area contributed by atoms with Gasteiger partial charge < -0.3 is 53.6 Å². The number of esters is 5. The SMILES string of the molecule is CC(=O)OCC1OC(O)C(NC(=O)C(F)(F)F)[C@@H](OC(C)=O)[C@H]1O[C@@H]1OC(COC(C)=O)[C@H](OC(C)=O)[C@H](OC(C)=O)C1NC(=O)C(F)(F)F. The molecule has 2 amide bonds. The summed E-state index contributed by atoms with van der Waals surface area (Å²) < 4.78 is 122. The smallest absolute Gasteiger partial charge is 0.463 e. The molecule has 0 aliphatic carbocycles. The lowest BCUT2D eigenvalue weighted by Gasteiger charge is -2.49. The van der Waals surface area contributed by atoms with E-state index in [1.165, 1.54) is 10.6 Å². The molecule has 5 unspecified atom stereocenters. The number of rotatable bonds is 11. The Labute approximate surface area is 277 Å². The Hall–Kier alpha value is -4.29.